The molecule has 0 N–H and O–H groups in total. The molecule has 0 aromatic heterocycles. The first kappa shape index (κ1) is 15.9. The average molecular weight is 350 g/mol. The van der Waals surface area contributed by atoms with Crippen molar-refractivity contribution in [3.05, 3.63) is 0 Å². The van der Waals surface area contributed by atoms with Crippen LogP contribution < -0.4 is 0 Å². The van der Waals surface area contributed by atoms with Crippen LogP contribution >= 0.6 is 0 Å². The first-order chi connectivity index (χ1) is 3.41. The topological polar surface area (TPSA) is 34.1 Å². The van der Waals surface area contributed by atoms with Crippen LogP contribution in [0, 0.1) is 0 Å². The fraction of sp³-hybridized carbons (Fsp3) is 1.00. The first-order valence-electron chi connectivity index (χ1n) is 1.15. The van der Waals surface area contributed by atoms with E-state index in [1.165, 1.54) is 0 Å². The van der Waals surface area contributed by atoms with E-state index in [2.05, 4.69) is 10.6 Å². The molecule has 44 valence electrons. The van der Waals surface area contributed by atoms with E-state index >= 15 is 0 Å². The van der Waals surface area contributed by atoms with Crippen molar-refractivity contribution in [2.45, 2.75) is 10.6 Å². The van der Waals surface area contributed by atoms with E-state index in [4.69, 9.17) is 6.80 Å². The van der Waals surface area contributed by atoms with E-state index in [0.717, 1.165) is 0 Å². The maximum atomic E-state index is 8.26. The van der Waals surface area contributed by atoms with Crippen LogP contribution in [0.2, 0.25) is 10.6 Å². The molecule has 0 bridgehead atoms. The van der Waals surface area contributed by atoms with Crippen molar-refractivity contribution in [1.29, 1.82) is 0 Å². The van der Waals surface area contributed by atoms with Gasteiger partial charge in [0, 0.05) is 0 Å². The molecule has 5 heteroatoms. The molecule has 0 aromatic carbocycles. The molecule has 2 nitrogen and oxygen atoms in total. The molecule has 0 aromatic rings. The summed E-state index contributed by atoms with van der Waals surface area (Å²) in [6.07, 6.45) is 0. The monoisotopic (exact) mass is 356 g/mol. The molecular formula is C2H6Mo3O2. The minimum absolute atomic E-state index is 0.470. The third-order valence-electron chi connectivity index (χ3n) is 0. The van der Waals surface area contributed by atoms with Crippen LogP contribution in [-0.4, -0.2) is 0 Å². The Balaban J connectivity index is -0.0000000360. The summed E-state index contributed by atoms with van der Waals surface area (Å²) < 4.78 is 16.5. The molecule has 0 aliphatic heterocycles. The van der Waals surface area contributed by atoms with Gasteiger partial charge < -0.3 is 0 Å². The molecule has 7 heavy (non-hydrogen) atoms. The fourth-order valence-corrected chi connectivity index (χ4v) is 0. The van der Waals surface area contributed by atoms with E-state index in [9.17, 15) is 0 Å². The first-order valence-corrected chi connectivity index (χ1v) is 6.80. The summed E-state index contributed by atoms with van der Waals surface area (Å²) in [6.45, 7) is 0. The Morgan fingerprint density at radius 3 is 1.00 bits per heavy atom. The second kappa shape index (κ2) is 47.9. The molecule has 0 radical (unpaired) electrons. The summed E-state index contributed by atoms with van der Waals surface area (Å²) in [4.78, 5) is 0. The molecule has 0 unspecified atom stereocenters. The van der Waals surface area contributed by atoms with Gasteiger partial charge in [0.2, 0.25) is 0 Å². The Morgan fingerprint density at radius 1 is 1.00 bits per heavy atom. The summed E-state index contributed by atoms with van der Waals surface area (Å²) in [6, 6.07) is 0. The van der Waals surface area contributed by atoms with Crippen LogP contribution in [0.3, 0.4) is 0 Å². The zero-order valence-corrected chi connectivity index (χ0v) is 10.1. The Morgan fingerprint density at radius 2 is 1.00 bits per heavy atom. The summed E-state index contributed by atoms with van der Waals surface area (Å²) in [5.41, 5.74) is 0. The maximum absolute atomic E-state index is 8.26. The zero-order valence-electron chi connectivity index (χ0n) is 4.04. The van der Waals surface area contributed by atoms with Gasteiger partial charge in [0.1, 0.15) is 0 Å². The van der Waals surface area contributed by atoms with Crippen LogP contribution in [0.4, 0.5) is 0 Å². The fourth-order valence-electron chi connectivity index (χ4n) is 0. The third-order valence-corrected chi connectivity index (χ3v) is 0. The van der Waals surface area contributed by atoms with Crippen LogP contribution in [0.15, 0.2) is 0 Å². The average Bonchev–Trinajstić information content (AvgIpc) is 1.78. The molecule has 0 spiro atoms. The van der Waals surface area contributed by atoms with E-state index in [1.54, 1.807) is 0 Å². The molecule has 0 aliphatic rings. The molecule has 0 amide bonds. The standard InChI is InChI=1S/2CH3.3Mo.2O/h2*1H3;;;;;. The Labute approximate surface area is 74.8 Å². The van der Waals surface area contributed by atoms with Crippen molar-refractivity contribution in [1.82, 2.24) is 0 Å². The van der Waals surface area contributed by atoms with Crippen LogP contribution in [0.1, 0.15) is 0 Å². The van der Waals surface area contributed by atoms with Gasteiger partial charge >= 0.3 is 75.5 Å². The van der Waals surface area contributed by atoms with Gasteiger partial charge in [-0.05, 0) is 0 Å². The minimum atomic E-state index is 0.470. The molecule has 0 atom stereocenters. The summed E-state index contributed by atoms with van der Waals surface area (Å²) in [7, 11) is 0. The molecule has 0 saturated heterocycles. The predicted molar refractivity (Wildman–Crippen MR) is 13.1 cm³/mol. The van der Waals surface area contributed by atoms with Gasteiger partial charge in [-0.3, -0.25) is 0 Å². The van der Waals surface area contributed by atoms with E-state index in [0.29, 0.717) is 58.1 Å². The van der Waals surface area contributed by atoms with Crippen molar-refractivity contribution in [3.63, 3.8) is 0 Å². The molecular weight excluding hydrogens is 344 g/mol. The van der Waals surface area contributed by atoms with Crippen molar-refractivity contribution in [3.8, 4) is 0 Å². The number of rotatable bonds is 0. The van der Waals surface area contributed by atoms with Gasteiger partial charge in [0.05, 0.1) is 0 Å². The Bertz CT molecular complexity index is 18.4. The van der Waals surface area contributed by atoms with Crippen molar-refractivity contribution < 1.29 is 64.9 Å². The van der Waals surface area contributed by atoms with Gasteiger partial charge in [0.15, 0.2) is 0 Å². The number of hydrogen-bond donors (Lipinski definition) is 0. The summed E-state index contributed by atoms with van der Waals surface area (Å²) in [5, 5.41) is 4.51. The van der Waals surface area contributed by atoms with Crippen LogP contribution in [0.5, 0.6) is 0 Å². The van der Waals surface area contributed by atoms with E-state index in [-0.39, 0.29) is 0 Å². The predicted octanol–water partition coefficient (Wildman–Crippen LogP) is 0.922. The normalized spacial score (nSPS) is 3.71. The van der Waals surface area contributed by atoms with E-state index < -0.39 is 0 Å². The van der Waals surface area contributed by atoms with E-state index in [1.807, 2.05) is 0 Å². The Kier molecular flexibility index (Phi) is 109. The molecule has 0 heterocycles. The summed E-state index contributed by atoms with van der Waals surface area (Å²) >= 11 is 1.87. The summed E-state index contributed by atoms with van der Waals surface area (Å²) in [5.74, 6) is 0. The van der Waals surface area contributed by atoms with Crippen LogP contribution in [0.25, 0.3) is 0 Å². The van der Waals surface area contributed by atoms with Crippen molar-refractivity contribution in [2.24, 2.45) is 0 Å². The molecule has 0 fully saturated rings. The van der Waals surface area contributed by atoms with Gasteiger partial charge in [-0.15, -0.1) is 0 Å². The molecule has 0 saturated carbocycles. The zero-order chi connectivity index (χ0) is 6.71. The van der Waals surface area contributed by atoms with Gasteiger partial charge in [-0.25, -0.2) is 0 Å². The second-order valence-electron chi connectivity index (χ2n) is 0.408. The Hall–Kier alpha value is 1.66. The second-order valence-corrected chi connectivity index (χ2v) is 2.42. The molecule has 0 aliphatic carbocycles. The van der Waals surface area contributed by atoms with Crippen molar-refractivity contribution in [2.75, 3.05) is 0 Å². The van der Waals surface area contributed by atoms with Crippen molar-refractivity contribution >= 4 is 0 Å². The van der Waals surface area contributed by atoms with Crippen LogP contribution in [-0.2, 0) is 64.9 Å². The van der Waals surface area contributed by atoms with Gasteiger partial charge in [-0.2, -0.15) is 0 Å². The third kappa shape index (κ3) is 88.7. The quantitative estimate of drug-likeness (QED) is 0.610. The van der Waals surface area contributed by atoms with Gasteiger partial charge in [-0.1, -0.05) is 0 Å². The number of hydrogen-bond acceptors (Lipinski definition) is 2. The SMILES string of the molecule is [CH3][Mo][CH3].[O]=[Mo].[O]=[Mo]. The molecule has 0 rings (SSSR count). The van der Waals surface area contributed by atoms with Gasteiger partial charge in [0.25, 0.3) is 0 Å².